The van der Waals surface area contributed by atoms with Crippen molar-refractivity contribution in [3.05, 3.63) is 35.9 Å². The van der Waals surface area contributed by atoms with Gasteiger partial charge in [-0.25, -0.2) is 0 Å². The third kappa shape index (κ3) is 4.13. The number of hydrogen-bond donors (Lipinski definition) is 1. The van der Waals surface area contributed by atoms with Crippen LogP contribution in [0.5, 0.6) is 5.75 Å². The molecule has 3 rings (SSSR count). The summed E-state index contributed by atoms with van der Waals surface area (Å²) in [5.41, 5.74) is 0.623. The van der Waals surface area contributed by atoms with Gasteiger partial charge in [0.05, 0.1) is 19.7 Å². The number of rotatable bonds is 5. The molecule has 2 heterocycles. The normalized spacial score (nSPS) is 14.8. The number of anilines is 1. The van der Waals surface area contributed by atoms with Gasteiger partial charge in [0.2, 0.25) is 11.7 Å². The molecule has 1 N–H and O–H groups in total. The first-order valence-electron chi connectivity index (χ1n) is 8.11. The third-order valence-electron chi connectivity index (χ3n) is 3.90. The van der Waals surface area contributed by atoms with Gasteiger partial charge >= 0.3 is 6.18 Å². The van der Waals surface area contributed by atoms with Crippen LogP contribution in [0.3, 0.4) is 0 Å². The number of alkyl halides is 3. The summed E-state index contributed by atoms with van der Waals surface area (Å²) in [6, 6.07) is 6.96. The zero-order valence-corrected chi connectivity index (χ0v) is 14.1. The van der Waals surface area contributed by atoms with Gasteiger partial charge in [-0.3, -0.25) is 9.69 Å². The summed E-state index contributed by atoms with van der Waals surface area (Å²) in [5.74, 6) is -0.331. The Kier molecular flexibility index (Phi) is 5.12. The summed E-state index contributed by atoms with van der Waals surface area (Å²) in [7, 11) is 0. The minimum absolute atomic E-state index is 0.0570. The van der Waals surface area contributed by atoms with E-state index in [4.69, 9.17) is 4.74 Å². The second kappa shape index (κ2) is 7.32. The van der Waals surface area contributed by atoms with Crippen molar-refractivity contribution >= 4 is 11.6 Å². The lowest BCUT2D eigenvalue weighted by atomic mass is 10.3. The average Bonchev–Trinajstić information content (AvgIpc) is 3.00. The summed E-state index contributed by atoms with van der Waals surface area (Å²) in [5, 5.41) is 9.57. The fourth-order valence-electron chi connectivity index (χ4n) is 2.76. The first kappa shape index (κ1) is 18.2. The molecule has 2 aromatic rings. The molecule has 0 aliphatic carbocycles. The number of amides is 1. The van der Waals surface area contributed by atoms with Gasteiger partial charge in [-0.1, -0.05) is 0 Å². The lowest BCUT2D eigenvalue weighted by Gasteiger charge is -2.27. The maximum Gasteiger partial charge on any atom is 0.451 e. The number of aromatic nitrogens is 3. The summed E-state index contributed by atoms with van der Waals surface area (Å²) in [6.07, 6.45) is -4.53. The van der Waals surface area contributed by atoms with Gasteiger partial charge in [0, 0.05) is 18.8 Å². The fraction of sp³-hybridized carbons (Fsp3) is 0.438. The van der Waals surface area contributed by atoms with Crippen molar-refractivity contribution in [3.8, 4) is 5.75 Å². The summed E-state index contributed by atoms with van der Waals surface area (Å²) >= 11 is 0. The van der Waals surface area contributed by atoms with E-state index in [1.54, 1.807) is 29.2 Å². The molecule has 0 radical (unpaired) electrons. The highest BCUT2D eigenvalue weighted by Gasteiger charge is 2.39. The molecule has 0 saturated carbocycles. The molecule has 10 heteroatoms. The molecule has 0 saturated heterocycles. The van der Waals surface area contributed by atoms with Gasteiger partial charge < -0.3 is 14.6 Å². The Morgan fingerprint density at radius 2 is 1.96 bits per heavy atom. The number of nitrogens with one attached hydrogen (secondary N) is 1. The van der Waals surface area contributed by atoms with Crippen LogP contribution in [-0.2, 0) is 24.1 Å². The number of benzene rings is 1. The van der Waals surface area contributed by atoms with Crippen molar-refractivity contribution in [2.45, 2.75) is 26.2 Å². The number of nitrogens with zero attached hydrogens (tertiary/aromatic N) is 4. The Balaban J connectivity index is 1.57. The predicted octanol–water partition coefficient (Wildman–Crippen LogP) is 2.15. The zero-order valence-electron chi connectivity index (χ0n) is 14.1. The highest BCUT2D eigenvalue weighted by molar-refractivity contribution is 5.92. The minimum atomic E-state index is -4.53. The largest absolute Gasteiger partial charge is 0.494 e. The molecule has 0 bridgehead atoms. The van der Waals surface area contributed by atoms with E-state index in [9.17, 15) is 18.0 Å². The molecule has 1 amide bonds. The number of hydrogen-bond acceptors (Lipinski definition) is 5. The van der Waals surface area contributed by atoms with E-state index in [2.05, 4.69) is 15.5 Å². The monoisotopic (exact) mass is 369 g/mol. The quantitative estimate of drug-likeness (QED) is 0.874. The fourth-order valence-corrected chi connectivity index (χ4v) is 2.76. The van der Waals surface area contributed by atoms with Crippen LogP contribution in [0.2, 0.25) is 0 Å². The highest BCUT2D eigenvalue weighted by atomic mass is 19.4. The van der Waals surface area contributed by atoms with E-state index in [1.165, 1.54) is 0 Å². The first-order chi connectivity index (χ1) is 12.4. The predicted molar refractivity (Wildman–Crippen MR) is 86.5 cm³/mol. The number of fused-ring (bicyclic) bond motifs is 1. The summed E-state index contributed by atoms with van der Waals surface area (Å²) < 4.78 is 44.9. The standard InChI is InChI=1S/C16H18F3N5O2/c1-2-26-12-5-3-11(4-6-12)20-14(25)10-23-7-8-24-13(9-23)21-22-15(24)16(17,18)19/h3-6H,2,7-10H2,1H3,(H,20,25). The molecule has 0 unspecified atom stereocenters. The lowest BCUT2D eigenvalue weighted by molar-refractivity contribution is -0.148. The number of halogens is 3. The number of carbonyl (C=O) groups excluding carboxylic acids is 1. The van der Waals surface area contributed by atoms with Gasteiger partial charge in [0.1, 0.15) is 11.6 Å². The molecule has 0 spiro atoms. The van der Waals surface area contributed by atoms with Gasteiger partial charge in [-0.15, -0.1) is 10.2 Å². The Morgan fingerprint density at radius 1 is 1.23 bits per heavy atom. The molecule has 7 nitrogen and oxygen atoms in total. The van der Waals surface area contributed by atoms with E-state index in [0.717, 1.165) is 4.57 Å². The second-order valence-electron chi connectivity index (χ2n) is 5.81. The summed E-state index contributed by atoms with van der Waals surface area (Å²) in [6.45, 7) is 3.04. The second-order valence-corrected chi connectivity index (χ2v) is 5.81. The summed E-state index contributed by atoms with van der Waals surface area (Å²) in [4.78, 5) is 13.9. The molecule has 1 aromatic heterocycles. The highest BCUT2D eigenvalue weighted by Crippen LogP contribution is 2.29. The zero-order chi connectivity index (χ0) is 18.7. The van der Waals surface area contributed by atoms with E-state index in [0.29, 0.717) is 24.6 Å². The third-order valence-corrected chi connectivity index (χ3v) is 3.90. The van der Waals surface area contributed by atoms with Crippen LogP contribution in [0, 0.1) is 0 Å². The topological polar surface area (TPSA) is 72.3 Å². The maximum atomic E-state index is 12.8. The molecule has 1 aliphatic heterocycles. The maximum absolute atomic E-state index is 12.8. The van der Waals surface area contributed by atoms with Crippen molar-refractivity contribution in [1.82, 2.24) is 19.7 Å². The van der Waals surface area contributed by atoms with Crippen molar-refractivity contribution in [3.63, 3.8) is 0 Å². The Labute approximate surface area is 147 Å². The molecular weight excluding hydrogens is 351 g/mol. The molecular formula is C16H18F3N5O2. The minimum Gasteiger partial charge on any atom is -0.494 e. The molecule has 1 aliphatic rings. The van der Waals surface area contributed by atoms with E-state index >= 15 is 0 Å². The molecule has 26 heavy (non-hydrogen) atoms. The van der Waals surface area contributed by atoms with Crippen molar-refractivity contribution < 1.29 is 22.7 Å². The van der Waals surface area contributed by atoms with Crippen molar-refractivity contribution in [1.29, 1.82) is 0 Å². The molecule has 1 aromatic carbocycles. The van der Waals surface area contributed by atoms with Crippen LogP contribution < -0.4 is 10.1 Å². The van der Waals surface area contributed by atoms with Crippen LogP contribution in [0.4, 0.5) is 18.9 Å². The van der Waals surface area contributed by atoms with E-state index in [1.807, 2.05) is 6.92 Å². The first-order valence-corrected chi connectivity index (χ1v) is 8.11. The van der Waals surface area contributed by atoms with Crippen LogP contribution in [-0.4, -0.2) is 45.3 Å². The van der Waals surface area contributed by atoms with Crippen LogP contribution in [0.15, 0.2) is 24.3 Å². The Morgan fingerprint density at radius 3 is 2.62 bits per heavy atom. The van der Waals surface area contributed by atoms with Gasteiger partial charge in [-0.05, 0) is 31.2 Å². The van der Waals surface area contributed by atoms with E-state index < -0.39 is 12.0 Å². The Bertz CT molecular complexity index is 773. The molecule has 0 fully saturated rings. The SMILES string of the molecule is CCOc1ccc(NC(=O)CN2CCn3c(nnc3C(F)(F)F)C2)cc1. The van der Waals surface area contributed by atoms with Crippen molar-refractivity contribution in [2.24, 2.45) is 0 Å². The van der Waals surface area contributed by atoms with Gasteiger partial charge in [0.15, 0.2) is 0 Å². The smallest absolute Gasteiger partial charge is 0.451 e. The average molecular weight is 369 g/mol. The Hall–Kier alpha value is -2.62. The van der Waals surface area contributed by atoms with Gasteiger partial charge in [-0.2, -0.15) is 13.2 Å². The van der Waals surface area contributed by atoms with Gasteiger partial charge in [0.25, 0.3) is 0 Å². The van der Waals surface area contributed by atoms with Crippen molar-refractivity contribution in [2.75, 3.05) is 25.0 Å². The van der Waals surface area contributed by atoms with Crippen LogP contribution in [0.25, 0.3) is 0 Å². The lowest BCUT2D eigenvalue weighted by Crippen LogP contribution is -2.39. The molecule has 0 atom stereocenters. The number of ether oxygens (including phenoxy) is 1. The number of carbonyl (C=O) groups is 1. The molecule has 140 valence electrons. The van der Waals surface area contributed by atoms with Crippen LogP contribution >= 0.6 is 0 Å². The van der Waals surface area contributed by atoms with Crippen LogP contribution in [0.1, 0.15) is 18.6 Å². The van der Waals surface area contributed by atoms with E-state index in [-0.39, 0.29) is 31.4 Å².